The monoisotopic (exact) mass is 416 g/mol. The molecule has 0 radical (unpaired) electrons. The Morgan fingerprint density at radius 1 is 1.10 bits per heavy atom. The topological polar surface area (TPSA) is 139 Å². The predicted molar refractivity (Wildman–Crippen MR) is 105 cm³/mol. The van der Waals surface area contributed by atoms with E-state index in [0.717, 1.165) is 4.31 Å². The number of primary amides is 1. The fourth-order valence-corrected chi connectivity index (χ4v) is 4.62. The molecule has 152 valence electrons. The molecule has 1 heterocycles. The minimum absolute atomic E-state index is 0.0575. The number of hydrogen-bond donors (Lipinski definition) is 3. The van der Waals surface area contributed by atoms with Crippen molar-refractivity contribution in [3.8, 4) is 0 Å². The van der Waals surface area contributed by atoms with E-state index in [1.807, 2.05) is 0 Å². The second-order valence-corrected chi connectivity index (χ2v) is 8.32. The van der Waals surface area contributed by atoms with E-state index in [-0.39, 0.29) is 30.0 Å². The van der Waals surface area contributed by atoms with E-state index >= 15 is 0 Å². The summed E-state index contributed by atoms with van der Waals surface area (Å²) in [4.78, 5) is 36.0. The van der Waals surface area contributed by atoms with Crippen LogP contribution in [0.15, 0.2) is 59.5 Å². The molecule has 1 aliphatic rings. The number of hydrogen-bond acceptors (Lipinski definition) is 5. The Hall–Kier alpha value is -3.24. The number of nitrogens with one attached hydrogen (secondary N) is 2. The first-order valence-corrected chi connectivity index (χ1v) is 10.3. The molecule has 29 heavy (non-hydrogen) atoms. The number of sulfonamides is 1. The average molecular weight is 416 g/mol. The number of carbonyl (C=O) groups is 3. The van der Waals surface area contributed by atoms with Crippen LogP contribution in [0.5, 0.6) is 0 Å². The standard InChI is InChI=1S/C19H20N4O5S/c20-18(25)13-6-8-14(9-7-13)22-17(24)12-16-19(26)21-10-11-23(16)29(27,28)15-4-2-1-3-5-15/h1-9,16H,10-12H2,(H2,20,25)(H,21,26)(H,22,24)/t16-/m0/s1. The minimum Gasteiger partial charge on any atom is -0.366 e. The lowest BCUT2D eigenvalue weighted by Gasteiger charge is -2.33. The molecule has 10 heteroatoms. The van der Waals surface area contributed by atoms with Gasteiger partial charge < -0.3 is 16.4 Å². The first-order valence-electron chi connectivity index (χ1n) is 8.83. The zero-order chi connectivity index (χ0) is 21.0. The lowest BCUT2D eigenvalue weighted by atomic mass is 10.1. The van der Waals surface area contributed by atoms with Gasteiger partial charge in [0, 0.05) is 24.3 Å². The van der Waals surface area contributed by atoms with Gasteiger partial charge in [-0.1, -0.05) is 18.2 Å². The third kappa shape index (κ3) is 4.61. The summed E-state index contributed by atoms with van der Waals surface area (Å²) in [5.41, 5.74) is 5.86. The van der Waals surface area contributed by atoms with E-state index in [0.29, 0.717) is 5.69 Å². The molecule has 0 spiro atoms. The van der Waals surface area contributed by atoms with E-state index in [9.17, 15) is 22.8 Å². The first-order chi connectivity index (χ1) is 13.8. The van der Waals surface area contributed by atoms with Gasteiger partial charge in [0.15, 0.2) is 0 Å². The van der Waals surface area contributed by atoms with Gasteiger partial charge in [-0.3, -0.25) is 14.4 Å². The normalized spacial score (nSPS) is 17.4. The number of anilines is 1. The predicted octanol–water partition coefficient (Wildman–Crippen LogP) is 0.303. The average Bonchev–Trinajstić information content (AvgIpc) is 2.70. The highest BCUT2D eigenvalue weighted by Crippen LogP contribution is 2.22. The van der Waals surface area contributed by atoms with Gasteiger partial charge in [0.2, 0.25) is 27.7 Å². The molecule has 1 aliphatic heterocycles. The molecule has 0 unspecified atom stereocenters. The van der Waals surface area contributed by atoms with Crippen molar-refractivity contribution in [1.82, 2.24) is 9.62 Å². The van der Waals surface area contributed by atoms with Crippen LogP contribution in [0.2, 0.25) is 0 Å². The van der Waals surface area contributed by atoms with Gasteiger partial charge in [-0.15, -0.1) is 0 Å². The zero-order valence-corrected chi connectivity index (χ0v) is 16.2. The smallest absolute Gasteiger partial charge is 0.248 e. The Labute approximate surface area is 167 Å². The van der Waals surface area contributed by atoms with Crippen molar-refractivity contribution in [2.75, 3.05) is 18.4 Å². The fraction of sp³-hybridized carbons (Fsp3) is 0.211. The lowest BCUT2D eigenvalue weighted by molar-refractivity contribution is -0.130. The molecule has 0 aliphatic carbocycles. The Balaban J connectivity index is 1.76. The van der Waals surface area contributed by atoms with Gasteiger partial charge in [0.25, 0.3) is 0 Å². The van der Waals surface area contributed by atoms with Crippen LogP contribution in [0.4, 0.5) is 5.69 Å². The molecule has 0 aromatic heterocycles. The van der Waals surface area contributed by atoms with Gasteiger partial charge in [-0.05, 0) is 36.4 Å². The molecule has 1 saturated heterocycles. The summed E-state index contributed by atoms with van der Waals surface area (Å²) >= 11 is 0. The number of amides is 3. The van der Waals surface area contributed by atoms with Crippen LogP contribution >= 0.6 is 0 Å². The zero-order valence-electron chi connectivity index (χ0n) is 15.4. The van der Waals surface area contributed by atoms with Crippen molar-refractivity contribution >= 4 is 33.4 Å². The Bertz CT molecular complexity index is 1020. The molecule has 4 N–H and O–H groups in total. The van der Waals surface area contributed by atoms with Crippen LogP contribution in [0, 0.1) is 0 Å². The maximum absolute atomic E-state index is 13.0. The van der Waals surface area contributed by atoms with Gasteiger partial charge in [0.1, 0.15) is 6.04 Å². The molecule has 2 aromatic rings. The molecule has 9 nitrogen and oxygen atoms in total. The fourth-order valence-electron chi connectivity index (χ4n) is 3.01. The SMILES string of the molecule is NC(=O)c1ccc(NC(=O)C[C@H]2C(=O)NCCN2S(=O)(=O)c2ccccc2)cc1. The maximum Gasteiger partial charge on any atom is 0.248 e. The van der Waals surface area contributed by atoms with Crippen molar-refractivity contribution in [2.45, 2.75) is 17.4 Å². The number of carbonyl (C=O) groups excluding carboxylic acids is 3. The van der Waals surface area contributed by atoms with Crippen molar-refractivity contribution in [3.05, 3.63) is 60.2 Å². The molecule has 3 rings (SSSR count). The van der Waals surface area contributed by atoms with Crippen molar-refractivity contribution in [2.24, 2.45) is 5.73 Å². The summed E-state index contributed by atoms with van der Waals surface area (Å²) in [7, 11) is -3.94. The Kier molecular flexibility index (Phi) is 5.95. The number of nitrogens with zero attached hydrogens (tertiary/aromatic N) is 1. The third-order valence-corrected chi connectivity index (χ3v) is 6.39. The number of rotatable bonds is 6. The molecule has 1 atom stereocenters. The van der Waals surface area contributed by atoms with Crippen LogP contribution in [-0.4, -0.2) is 49.6 Å². The number of piperazine rings is 1. The van der Waals surface area contributed by atoms with Gasteiger partial charge in [-0.2, -0.15) is 4.31 Å². The van der Waals surface area contributed by atoms with E-state index in [1.165, 1.54) is 36.4 Å². The highest BCUT2D eigenvalue weighted by Gasteiger charge is 2.39. The van der Waals surface area contributed by atoms with Crippen molar-refractivity contribution in [3.63, 3.8) is 0 Å². The molecule has 1 fully saturated rings. The van der Waals surface area contributed by atoms with E-state index < -0.39 is 33.8 Å². The maximum atomic E-state index is 13.0. The molecular formula is C19H20N4O5S. The number of nitrogens with two attached hydrogens (primary N) is 1. The largest absolute Gasteiger partial charge is 0.366 e. The third-order valence-electron chi connectivity index (χ3n) is 4.46. The highest BCUT2D eigenvalue weighted by molar-refractivity contribution is 7.89. The van der Waals surface area contributed by atoms with Crippen LogP contribution in [0.3, 0.4) is 0 Å². The summed E-state index contributed by atoms with van der Waals surface area (Å²) in [6.45, 7) is 0.228. The van der Waals surface area contributed by atoms with Crippen LogP contribution in [0.1, 0.15) is 16.8 Å². The number of benzene rings is 2. The Morgan fingerprint density at radius 2 is 1.76 bits per heavy atom. The van der Waals surface area contributed by atoms with Crippen molar-refractivity contribution in [1.29, 1.82) is 0 Å². The van der Waals surface area contributed by atoms with Gasteiger partial charge in [0.05, 0.1) is 11.3 Å². The second kappa shape index (κ2) is 8.41. The van der Waals surface area contributed by atoms with E-state index in [2.05, 4.69) is 10.6 Å². The Morgan fingerprint density at radius 3 is 2.38 bits per heavy atom. The molecule has 0 saturated carbocycles. The van der Waals surface area contributed by atoms with E-state index in [4.69, 9.17) is 5.73 Å². The minimum atomic E-state index is -3.94. The molecule has 2 aromatic carbocycles. The highest BCUT2D eigenvalue weighted by atomic mass is 32.2. The van der Waals surface area contributed by atoms with Crippen LogP contribution < -0.4 is 16.4 Å². The van der Waals surface area contributed by atoms with E-state index in [1.54, 1.807) is 18.2 Å². The summed E-state index contributed by atoms with van der Waals surface area (Å²) in [6.07, 6.45) is -0.352. The van der Waals surface area contributed by atoms with Crippen molar-refractivity contribution < 1.29 is 22.8 Å². The first kappa shape index (κ1) is 20.5. The van der Waals surface area contributed by atoms with Crippen LogP contribution in [-0.2, 0) is 19.6 Å². The summed E-state index contributed by atoms with van der Waals surface area (Å²) in [6, 6.07) is 12.5. The molecule has 3 amide bonds. The quantitative estimate of drug-likeness (QED) is 0.622. The molecular weight excluding hydrogens is 396 g/mol. The second-order valence-electron chi connectivity index (χ2n) is 6.43. The summed E-state index contributed by atoms with van der Waals surface area (Å²) in [5, 5.41) is 5.19. The lowest BCUT2D eigenvalue weighted by Crippen LogP contribution is -2.57. The van der Waals surface area contributed by atoms with Gasteiger partial charge >= 0.3 is 0 Å². The molecule has 0 bridgehead atoms. The van der Waals surface area contributed by atoms with Crippen LogP contribution in [0.25, 0.3) is 0 Å². The summed E-state index contributed by atoms with van der Waals surface area (Å²) < 4.78 is 27.0. The van der Waals surface area contributed by atoms with Gasteiger partial charge in [-0.25, -0.2) is 8.42 Å². The summed E-state index contributed by atoms with van der Waals surface area (Å²) in [5.74, 6) is -1.66.